The molecule has 0 spiro atoms. The van der Waals surface area contributed by atoms with Crippen molar-refractivity contribution in [2.45, 2.75) is 114 Å². The molecule has 0 bridgehead atoms. The van der Waals surface area contributed by atoms with E-state index in [-0.39, 0.29) is 0 Å². The van der Waals surface area contributed by atoms with Crippen molar-refractivity contribution < 1.29 is 0 Å². The molecule has 8 atom stereocenters. The van der Waals surface area contributed by atoms with Crippen molar-refractivity contribution in [1.82, 2.24) is 0 Å². The molecule has 4 aliphatic rings. The Morgan fingerprint density at radius 2 is 0.867 bits per heavy atom. The van der Waals surface area contributed by atoms with Crippen molar-refractivity contribution >= 4 is 8.07 Å². The third-order valence-electron chi connectivity index (χ3n) is 13.3. The molecule has 8 rings (SSSR count). The maximum Gasteiger partial charge on any atom is 0.0553 e. The van der Waals surface area contributed by atoms with E-state index in [1.807, 2.05) is 0 Å². The van der Waals surface area contributed by atoms with E-state index in [9.17, 15) is 0 Å². The summed E-state index contributed by atoms with van der Waals surface area (Å²) in [6.45, 7) is 15.1. The first kappa shape index (κ1) is 29.5. The minimum absolute atomic E-state index is 0.668. The maximum absolute atomic E-state index is 2.89. The van der Waals surface area contributed by atoms with Gasteiger partial charge in [0.25, 0.3) is 0 Å². The molecule has 0 nitrogen and oxygen atoms in total. The molecule has 0 aliphatic heterocycles. The average Bonchev–Trinajstić information content (AvgIpc) is 3.61. The van der Waals surface area contributed by atoms with Gasteiger partial charge in [-0.3, -0.25) is 0 Å². The summed E-state index contributed by atoms with van der Waals surface area (Å²) in [5.74, 6) is 4.37. The van der Waals surface area contributed by atoms with Crippen LogP contribution in [0.5, 0.6) is 0 Å². The highest BCUT2D eigenvalue weighted by atomic mass is 28.3. The fourth-order valence-corrected chi connectivity index (χ4v) is 18.3. The van der Waals surface area contributed by atoms with Crippen LogP contribution in [0.2, 0.25) is 24.2 Å². The molecule has 4 aromatic carbocycles. The first-order valence-electron chi connectivity index (χ1n) is 18.0. The molecule has 2 saturated carbocycles. The van der Waals surface area contributed by atoms with Crippen molar-refractivity contribution in [3.63, 3.8) is 0 Å². The zero-order valence-corrected chi connectivity index (χ0v) is 29.4. The number of hydrogen-bond donors (Lipinski definition) is 0. The van der Waals surface area contributed by atoms with E-state index in [0.29, 0.717) is 23.7 Å². The second kappa shape index (κ2) is 11.1. The lowest BCUT2D eigenvalue weighted by Gasteiger charge is -2.48. The molecule has 0 saturated heterocycles. The second-order valence-corrected chi connectivity index (χ2v) is 21.4. The van der Waals surface area contributed by atoms with Crippen LogP contribution in [-0.2, 0) is 12.8 Å². The van der Waals surface area contributed by atoms with Crippen molar-refractivity contribution in [2.24, 2.45) is 11.8 Å². The van der Waals surface area contributed by atoms with Gasteiger partial charge in [0.1, 0.15) is 0 Å². The van der Waals surface area contributed by atoms with Crippen molar-refractivity contribution in [3.8, 4) is 0 Å². The SMILES string of the molecule is Cc1cc(C)cc(C2CC3c4ccccc4CCC3C2[Si](C)(C)C2C(c3cc(C)cc(C)c3)CC3c4ccccc4CCC32)c1. The van der Waals surface area contributed by atoms with Gasteiger partial charge in [-0.1, -0.05) is 120 Å². The van der Waals surface area contributed by atoms with Gasteiger partial charge in [-0.2, -0.15) is 0 Å². The fraction of sp³-hybridized carbons (Fsp3) is 0.455. The summed E-state index contributed by atoms with van der Waals surface area (Å²) in [6, 6.07) is 34.1. The first-order valence-corrected chi connectivity index (χ1v) is 21.2. The second-order valence-electron chi connectivity index (χ2n) is 16.4. The Morgan fingerprint density at radius 1 is 0.489 bits per heavy atom. The molecular formula is C44H52Si. The Morgan fingerprint density at radius 3 is 1.27 bits per heavy atom. The molecule has 0 heterocycles. The number of rotatable bonds is 4. The summed E-state index contributed by atoms with van der Waals surface area (Å²) in [4.78, 5) is 0. The molecule has 0 N–H and O–H groups in total. The summed E-state index contributed by atoms with van der Waals surface area (Å²) in [6.07, 6.45) is 7.96. The molecular weight excluding hydrogens is 557 g/mol. The molecule has 0 amide bonds. The average molecular weight is 609 g/mol. The molecule has 45 heavy (non-hydrogen) atoms. The van der Waals surface area contributed by atoms with Crippen molar-refractivity contribution in [2.75, 3.05) is 0 Å². The molecule has 0 radical (unpaired) electrons. The summed E-state index contributed by atoms with van der Waals surface area (Å²) >= 11 is 0. The third-order valence-corrected chi connectivity index (χ3v) is 18.4. The lowest BCUT2D eigenvalue weighted by Crippen LogP contribution is -2.46. The first-order chi connectivity index (χ1) is 21.7. The summed E-state index contributed by atoms with van der Waals surface area (Å²) < 4.78 is 0. The van der Waals surface area contributed by atoms with Gasteiger partial charge in [0, 0.05) is 0 Å². The highest BCUT2D eigenvalue weighted by Gasteiger charge is 2.60. The quantitative estimate of drug-likeness (QED) is 0.202. The van der Waals surface area contributed by atoms with Crippen LogP contribution in [0.4, 0.5) is 0 Å². The van der Waals surface area contributed by atoms with E-state index in [1.165, 1.54) is 60.8 Å². The zero-order chi connectivity index (χ0) is 31.0. The Hall–Kier alpha value is -2.90. The third kappa shape index (κ3) is 4.91. The molecule has 4 aliphatic carbocycles. The number of aryl methyl sites for hydroxylation is 6. The van der Waals surface area contributed by atoms with Gasteiger partial charge < -0.3 is 0 Å². The van der Waals surface area contributed by atoms with E-state index in [0.717, 1.165) is 22.9 Å². The number of fused-ring (bicyclic) bond motifs is 6. The Kier molecular flexibility index (Phi) is 7.29. The van der Waals surface area contributed by atoms with Crippen LogP contribution < -0.4 is 0 Å². The number of hydrogen-bond acceptors (Lipinski definition) is 0. The normalized spacial score (nSPS) is 30.4. The van der Waals surface area contributed by atoms with Gasteiger partial charge >= 0.3 is 0 Å². The monoisotopic (exact) mass is 608 g/mol. The van der Waals surface area contributed by atoms with Gasteiger partial charge in [0.2, 0.25) is 0 Å². The maximum atomic E-state index is 2.89. The van der Waals surface area contributed by atoms with E-state index in [1.54, 1.807) is 33.4 Å². The molecule has 4 aromatic rings. The van der Waals surface area contributed by atoms with E-state index >= 15 is 0 Å². The highest BCUT2D eigenvalue weighted by Crippen LogP contribution is 2.70. The van der Waals surface area contributed by atoms with E-state index in [4.69, 9.17) is 0 Å². The van der Waals surface area contributed by atoms with Gasteiger partial charge in [-0.05, 0) is 146 Å². The zero-order valence-electron chi connectivity index (χ0n) is 28.4. The Labute approximate surface area is 273 Å². The lowest BCUT2D eigenvalue weighted by molar-refractivity contribution is 0.389. The van der Waals surface area contributed by atoms with Crippen LogP contribution in [0.1, 0.15) is 105 Å². The predicted molar refractivity (Wildman–Crippen MR) is 194 cm³/mol. The highest BCUT2D eigenvalue weighted by molar-refractivity contribution is 6.80. The molecule has 232 valence electrons. The molecule has 2 fully saturated rings. The largest absolute Gasteiger partial charge is 0.0689 e. The summed E-state index contributed by atoms with van der Waals surface area (Å²) in [5, 5.41) is 0. The minimum Gasteiger partial charge on any atom is -0.0689 e. The fourth-order valence-electron chi connectivity index (χ4n) is 12.2. The van der Waals surface area contributed by atoms with Crippen LogP contribution in [0.15, 0.2) is 84.9 Å². The predicted octanol–water partition coefficient (Wildman–Crippen LogP) is 11.7. The molecule has 8 unspecified atom stereocenters. The van der Waals surface area contributed by atoms with Crippen LogP contribution in [-0.4, -0.2) is 8.07 Å². The number of benzene rings is 4. The smallest absolute Gasteiger partial charge is 0.0553 e. The van der Waals surface area contributed by atoms with Gasteiger partial charge in [-0.25, -0.2) is 0 Å². The van der Waals surface area contributed by atoms with Gasteiger partial charge in [0.05, 0.1) is 8.07 Å². The Bertz CT molecular complexity index is 1580. The summed E-state index contributed by atoms with van der Waals surface area (Å²) in [7, 11) is -1.86. The minimum atomic E-state index is -1.86. The topological polar surface area (TPSA) is 0 Å². The van der Waals surface area contributed by atoms with Crippen molar-refractivity contribution in [1.29, 1.82) is 0 Å². The van der Waals surface area contributed by atoms with Gasteiger partial charge in [0.15, 0.2) is 0 Å². The van der Waals surface area contributed by atoms with E-state index in [2.05, 4.69) is 126 Å². The van der Waals surface area contributed by atoms with Crippen molar-refractivity contribution in [3.05, 3.63) is 141 Å². The standard InChI is InChI=1S/C44H52Si/c1-27-19-28(2)22-33(21-27)39-25-41-35-13-9-7-11-31(35)15-17-37(41)43(39)45(5,6)44-38-18-16-32-12-8-10-14-36(32)42(38)26-40(44)34-23-29(3)20-30(4)24-34/h7-14,19-24,37-44H,15-18,25-26H2,1-6H3. The van der Waals surface area contributed by atoms with Crippen LogP contribution >= 0.6 is 0 Å². The van der Waals surface area contributed by atoms with Crippen LogP contribution in [0.25, 0.3) is 0 Å². The summed E-state index contributed by atoms with van der Waals surface area (Å²) in [5.41, 5.74) is 17.3. The van der Waals surface area contributed by atoms with Crippen LogP contribution in [0.3, 0.4) is 0 Å². The van der Waals surface area contributed by atoms with E-state index < -0.39 is 8.07 Å². The van der Waals surface area contributed by atoms with Crippen LogP contribution in [0, 0.1) is 39.5 Å². The van der Waals surface area contributed by atoms with Gasteiger partial charge in [-0.15, -0.1) is 0 Å². The lowest BCUT2D eigenvalue weighted by atomic mass is 9.77. The molecule has 0 aromatic heterocycles. The molecule has 1 heteroatoms. The Balaban J connectivity index is 1.28.